The van der Waals surface area contributed by atoms with Gasteiger partial charge in [0.25, 0.3) is 5.91 Å². The van der Waals surface area contributed by atoms with Gasteiger partial charge in [-0.2, -0.15) is 0 Å². The monoisotopic (exact) mass is 327 g/mol. The predicted octanol–water partition coefficient (Wildman–Crippen LogP) is 4.04. The number of ether oxygens (including phenoxy) is 2. The first-order chi connectivity index (χ1) is 11.5. The van der Waals surface area contributed by atoms with Gasteiger partial charge < -0.3 is 14.8 Å². The molecule has 0 aliphatic rings. The molecule has 0 radical (unpaired) electrons. The molecule has 0 unspecified atom stereocenters. The Morgan fingerprint density at radius 2 is 1.62 bits per heavy atom. The maximum absolute atomic E-state index is 12.5. The van der Waals surface area contributed by atoms with Crippen LogP contribution in [0.1, 0.15) is 37.4 Å². The number of carbonyl (C=O) groups is 1. The van der Waals surface area contributed by atoms with Gasteiger partial charge in [-0.25, -0.2) is 0 Å². The summed E-state index contributed by atoms with van der Waals surface area (Å²) in [5, 5.41) is 3.01. The van der Waals surface area contributed by atoms with Crippen molar-refractivity contribution in [3.05, 3.63) is 59.7 Å². The van der Waals surface area contributed by atoms with Crippen LogP contribution in [-0.2, 0) is 4.79 Å². The number of hydrogen-bond acceptors (Lipinski definition) is 3. The van der Waals surface area contributed by atoms with E-state index in [1.165, 1.54) is 0 Å². The smallest absolute Gasteiger partial charge is 0.261 e. The molecule has 0 fully saturated rings. The summed E-state index contributed by atoms with van der Waals surface area (Å²) in [6, 6.07) is 15.3. The average molecular weight is 327 g/mol. The maximum Gasteiger partial charge on any atom is 0.261 e. The lowest BCUT2D eigenvalue weighted by molar-refractivity contribution is -0.128. The van der Waals surface area contributed by atoms with Gasteiger partial charge in [0.2, 0.25) is 0 Å². The van der Waals surface area contributed by atoms with E-state index in [2.05, 4.69) is 5.32 Å². The fourth-order valence-electron chi connectivity index (χ4n) is 2.39. The molecule has 4 nitrogen and oxygen atoms in total. The van der Waals surface area contributed by atoms with Crippen LogP contribution in [0.2, 0.25) is 0 Å². The molecule has 0 bridgehead atoms. The van der Waals surface area contributed by atoms with Gasteiger partial charge in [0.1, 0.15) is 11.5 Å². The van der Waals surface area contributed by atoms with Gasteiger partial charge in [0.15, 0.2) is 6.10 Å². The van der Waals surface area contributed by atoms with Crippen molar-refractivity contribution < 1.29 is 14.3 Å². The second kappa shape index (κ2) is 8.39. The molecule has 0 saturated carbocycles. The molecule has 0 saturated heterocycles. The average Bonchev–Trinajstić information content (AvgIpc) is 2.61. The maximum atomic E-state index is 12.5. The lowest BCUT2D eigenvalue weighted by Gasteiger charge is -2.21. The Bertz CT molecular complexity index is 650. The number of methoxy groups -OCH3 is 1. The van der Waals surface area contributed by atoms with Gasteiger partial charge in [-0.1, -0.05) is 36.8 Å². The highest BCUT2D eigenvalue weighted by Crippen LogP contribution is 2.19. The fourth-order valence-corrected chi connectivity index (χ4v) is 2.39. The van der Waals surface area contributed by atoms with Crippen molar-refractivity contribution in [3.63, 3.8) is 0 Å². The Morgan fingerprint density at radius 1 is 1.04 bits per heavy atom. The summed E-state index contributed by atoms with van der Waals surface area (Å²) in [5.41, 5.74) is 2.18. The molecule has 24 heavy (non-hydrogen) atoms. The molecule has 0 aromatic heterocycles. The number of hydrogen-bond donors (Lipinski definition) is 1. The molecule has 0 aliphatic carbocycles. The van der Waals surface area contributed by atoms with E-state index in [0.717, 1.165) is 16.9 Å². The van der Waals surface area contributed by atoms with Crippen LogP contribution in [0.4, 0.5) is 0 Å². The molecule has 0 heterocycles. The quantitative estimate of drug-likeness (QED) is 0.835. The fraction of sp³-hybridized carbons (Fsp3) is 0.350. The van der Waals surface area contributed by atoms with Crippen molar-refractivity contribution in [1.82, 2.24) is 5.32 Å². The highest BCUT2D eigenvalue weighted by atomic mass is 16.5. The summed E-state index contributed by atoms with van der Waals surface area (Å²) in [7, 11) is 1.63. The molecular weight excluding hydrogens is 302 g/mol. The second-order valence-electron chi connectivity index (χ2n) is 5.83. The van der Waals surface area contributed by atoms with Crippen molar-refractivity contribution in [2.24, 2.45) is 0 Å². The minimum Gasteiger partial charge on any atom is -0.497 e. The van der Waals surface area contributed by atoms with E-state index in [0.29, 0.717) is 12.2 Å². The molecule has 2 aromatic rings. The first kappa shape index (κ1) is 17.9. The summed E-state index contributed by atoms with van der Waals surface area (Å²) in [5.74, 6) is 1.40. The van der Waals surface area contributed by atoms with E-state index >= 15 is 0 Å². The van der Waals surface area contributed by atoms with Crippen molar-refractivity contribution in [3.8, 4) is 11.5 Å². The molecule has 2 atom stereocenters. The van der Waals surface area contributed by atoms with Crippen LogP contribution in [-0.4, -0.2) is 19.1 Å². The van der Waals surface area contributed by atoms with Crippen molar-refractivity contribution in [2.75, 3.05) is 7.11 Å². The molecule has 128 valence electrons. The summed E-state index contributed by atoms with van der Waals surface area (Å²) in [6.07, 6.45) is 0.100. The first-order valence-electron chi connectivity index (χ1n) is 8.21. The Hall–Kier alpha value is -2.49. The summed E-state index contributed by atoms with van der Waals surface area (Å²) in [6.45, 7) is 5.92. The largest absolute Gasteiger partial charge is 0.497 e. The van der Waals surface area contributed by atoms with Crippen LogP contribution in [0.5, 0.6) is 11.5 Å². The number of aryl methyl sites for hydroxylation is 1. The van der Waals surface area contributed by atoms with E-state index in [4.69, 9.17) is 9.47 Å². The number of rotatable bonds is 7. The van der Waals surface area contributed by atoms with Gasteiger partial charge in [0.05, 0.1) is 13.2 Å². The third-order valence-electron chi connectivity index (χ3n) is 3.94. The van der Waals surface area contributed by atoms with Crippen LogP contribution >= 0.6 is 0 Å². The standard InChI is InChI=1S/C20H25NO3/c1-5-19(24-18-10-6-14(2)7-11-18)20(22)21-15(3)16-8-12-17(23-4)13-9-16/h6-13,15,19H,5H2,1-4H3,(H,21,22)/t15-,19-/m0/s1. The number of amides is 1. The summed E-state index contributed by atoms with van der Waals surface area (Å²) >= 11 is 0. The van der Waals surface area contributed by atoms with E-state index < -0.39 is 6.10 Å². The Balaban J connectivity index is 1.98. The first-order valence-corrected chi connectivity index (χ1v) is 8.21. The van der Waals surface area contributed by atoms with E-state index in [1.807, 2.05) is 69.3 Å². The zero-order valence-corrected chi connectivity index (χ0v) is 14.7. The SMILES string of the molecule is CC[C@H](Oc1ccc(C)cc1)C(=O)N[C@@H](C)c1ccc(OC)cc1. The number of nitrogens with one attached hydrogen (secondary N) is 1. The summed E-state index contributed by atoms with van der Waals surface area (Å²) in [4.78, 5) is 12.5. The topological polar surface area (TPSA) is 47.6 Å². The minimum absolute atomic E-state index is 0.0981. The Labute approximate surface area is 143 Å². The second-order valence-corrected chi connectivity index (χ2v) is 5.83. The van der Waals surface area contributed by atoms with Gasteiger partial charge >= 0.3 is 0 Å². The van der Waals surface area contributed by atoms with Crippen LogP contribution in [0.25, 0.3) is 0 Å². The van der Waals surface area contributed by atoms with E-state index in [1.54, 1.807) is 7.11 Å². The molecule has 1 amide bonds. The van der Waals surface area contributed by atoms with Gasteiger partial charge in [0, 0.05) is 0 Å². The molecule has 4 heteroatoms. The third kappa shape index (κ3) is 4.75. The Kier molecular flexibility index (Phi) is 6.24. The lowest BCUT2D eigenvalue weighted by atomic mass is 10.1. The minimum atomic E-state index is -0.506. The Morgan fingerprint density at radius 3 is 2.17 bits per heavy atom. The van der Waals surface area contributed by atoms with Gasteiger partial charge in [-0.3, -0.25) is 4.79 Å². The van der Waals surface area contributed by atoms with E-state index in [-0.39, 0.29) is 11.9 Å². The molecule has 1 N–H and O–H groups in total. The van der Waals surface area contributed by atoms with Crippen molar-refractivity contribution in [2.45, 2.75) is 39.3 Å². The molecule has 2 rings (SSSR count). The predicted molar refractivity (Wildman–Crippen MR) is 95.4 cm³/mol. The van der Waals surface area contributed by atoms with Crippen LogP contribution in [0.3, 0.4) is 0 Å². The number of carbonyl (C=O) groups excluding carboxylic acids is 1. The lowest BCUT2D eigenvalue weighted by Crippen LogP contribution is -2.39. The molecular formula is C20H25NO3. The molecule has 2 aromatic carbocycles. The van der Waals surface area contributed by atoms with Gasteiger partial charge in [-0.15, -0.1) is 0 Å². The molecule has 0 aliphatic heterocycles. The van der Waals surface area contributed by atoms with Crippen LogP contribution < -0.4 is 14.8 Å². The summed E-state index contributed by atoms with van der Waals surface area (Å²) < 4.78 is 11.0. The van der Waals surface area contributed by atoms with Crippen molar-refractivity contribution >= 4 is 5.91 Å². The van der Waals surface area contributed by atoms with Crippen molar-refractivity contribution in [1.29, 1.82) is 0 Å². The van der Waals surface area contributed by atoms with Crippen LogP contribution in [0.15, 0.2) is 48.5 Å². The zero-order valence-electron chi connectivity index (χ0n) is 14.7. The normalized spacial score (nSPS) is 13.0. The highest BCUT2D eigenvalue weighted by Gasteiger charge is 2.20. The third-order valence-corrected chi connectivity index (χ3v) is 3.94. The van der Waals surface area contributed by atoms with Crippen LogP contribution in [0, 0.1) is 6.92 Å². The number of benzene rings is 2. The molecule has 0 spiro atoms. The highest BCUT2D eigenvalue weighted by molar-refractivity contribution is 5.81. The zero-order chi connectivity index (χ0) is 17.5. The van der Waals surface area contributed by atoms with Gasteiger partial charge in [-0.05, 0) is 50.1 Å². The van der Waals surface area contributed by atoms with E-state index in [9.17, 15) is 4.79 Å².